The first-order chi connectivity index (χ1) is 9.85. The molecule has 0 saturated carbocycles. The lowest BCUT2D eigenvalue weighted by molar-refractivity contribution is -0.137. The van der Waals surface area contributed by atoms with Crippen molar-refractivity contribution in [2.45, 2.75) is 44.9 Å². The highest BCUT2D eigenvalue weighted by Gasteiger charge is 2.34. The molecule has 0 aromatic carbocycles. The van der Waals surface area contributed by atoms with E-state index in [1.807, 2.05) is 34.6 Å². The van der Waals surface area contributed by atoms with Crippen LogP contribution in [0.4, 0.5) is 0 Å². The molecule has 0 spiro atoms. The minimum Gasteiger partial charge on any atom is -0.480 e. The van der Waals surface area contributed by atoms with E-state index in [0.29, 0.717) is 5.69 Å². The molecule has 22 heavy (non-hydrogen) atoms. The highest BCUT2D eigenvalue weighted by molar-refractivity contribution is 7.89. The Labute approximate surface area is 132 Å². The molecule has 0 bridgehead atoms. The number of sulfonamides is 1. The molecular weight excluding hydrogens is 306 g/mol. The van der Waals surface area contributed by atoms with Crippen LogP contribution in [0.25, 0.3) is 0 Å². The maximum absolute atomic E-state index is 12.9. The molecule has 0 fully saturated rings. The number of carboxylic acid groups (broad SMARTS) is 1. The first-order valence-corrected chi connectivity index (χ1v) is 8.55. The van der Waals surface area contributed by atoms with Crippen molar-refractivity contribution < 1.29 is 18.3 Å². The van der Waals surface area contributed by atoms with Crippen LogP contribution in [-0.2, 0) is 27.3 Å². The molecule has 0 saturated heterocycles. The SMILES string of the molecule is CC(C)CN(CC(=O)O)S(=O)(=O)c1cn(C)nc1C(C)(C)C. The Morgan fingerprint density at radius 1 is 1.41 bits per heavy atom. The Balaban J connectivity index is 3.40. The Kier molecular flexibility index (Phi) is 5.40. The van der Waals surface area contributed by atoms with E-state index >= 15 is 0 Å². The molecule has 1 N–H and O–H groups in total. The van der Waals surface area contributed by atoms with E-state index in [-0.39, 0.29) is 17.4 Å². The fourth-order valence-electron chi connectivity index (χ4n) is 2.12. The number of carboxylic acids is 1. The molecule has 126 valence electrons. The molecule has 1 heterocycles. The van der Waals surface area contributed by atoms with Crippen LogP contribution >= 0.6 is 0 Å². The number of nitrogens with zero attached hydrogens (tertiary/aromatic N) is 3. The zero-order chi connectivity index (χ0) is 17.3. The van der Waals surface area contributed by atoms with Gasteiger partial charge < -0.3 is 5.11 Å². The van der Waals surface area contributed by atoms with Gasteiger partial charge in [0.05, 0.1) is 5.69 Å². The summed E-state index contributed by atoms with van der Waals surface area (Å²) in [5.41, 5.74) is -0.0229. The van der Waals surface area contributed by atoms with Crippen molar-refractivity contribution in [2.24, 2.45) is 13.0 Å². The van der Waals surface area contributed by atoms with Gasteiger partial charge in [-0.1, -0.05) is 34.6 Å². The van der Waals surface area contributed by atoms with Gasteiger partial charge in [0.1, 0.15) is 11.4 Å². The fraction of sp³-hybridized carbons (Fsp3) is 0.714. The molecule has 7 nitrogen and oxygen atoms in total. The van der Waals surface area contributed by atoms with Gasteiger partial charge in [0.25, 0.3) is 0 Å². The van der Waals surface area contributed by atoms with Crippen molar-refractivity contribution in [1.82, 2.24) is 14.1 Å². The van der Waals surface area contributed by atoms with Crippen LogP contribution in [0.15, 0.2) is 11.1 Å². The van der Waals surface area contributed by atoms with E-state index < -0.39 is 28.0 Å². The minimum absolute atomic E-state index is 0.0175. The van der Waals surface area contributed by atoms with Gasteiger partial charge in [-0.15, -0.1) is 0 Å². The van der Waals surface area contributed by atoms with E-state index in [4.69, 9.17) is 5.11 Å². The van der Waals surface area contributed by atoms with Crippen molar-refractivity contribution in [3.05, 3.63) is 11.9 Å². The summed E-state index contributed by atoms with van der Waals surface area (Å²) in [6, 6.07) is 0. The lowest BCUT2D eigenvalue weighted by Crippen LogP contribution is -2.39. The van der Waals surface area contributed by atoms with Crippen LogP contribution in [-0.4, -0.2) is 46.7 Å². The summed E-state index contributed by atoms with van der Waals surface area (Å²) in [6.45, 7) is 8.90. The molecule has 1 aromatic heterocycles. The van der Waals surface area contributed by atoms with Crippen LogP contribution in [0.3, 0.4) is 0 Å². The minimum atomic E-state index is -3.91. The second-order valence-electron chi connectivity index (χ2n) is 6.85. The average molecular weight is 331 g/mol. The number of aryl methyl sites for hydroxylation is 1. The normalized spacial score (nSPS) is 13.1. The Morgan fingerprint density at radius 3 is 2.36 bits per heavy atom. The van der Waals surface area contributed by atoms with Gasteiger partial charge in [-0.25, -0.2) is 8.42 Å². The largest absolute Gasteiger partial charge is 0.480 e. The zero-order valence-electron chi connectivity index (χ0n) is 14.0. The standard InChI is InChI=1S/C14H25N3O4S/c1-10(2)7-17(9-12(18)19)22(20,21)11-8-16(6)15-13(11)14(3,4)5/h8,10H,7,9H2,1-6H3,(H,18,19). The van der Waals surface area contributed by atoms with Gasteiger partial charge in [-0.3, -0.25) is 9.48 Å². The van der Waals surface area contributed by atoms with Crippen LogP contribution in [0.2, 0.25) is 0 Å². The lowest BCUT2D eigenvalue weighted by atomic mass is 9.92. The number of hydrogen-bond donors (Lipinski definition) is 1. The number of rotatable bonds is 6. The van der Waals surface area contributed by atoms with Gasteiger partial charge in [0, 0.05) is 25.2 Å². The molecule has 0 unspecified atom stereocenters. The van der Waals surface area contributed by atoms with E-state index in [0.717, 1.165) is 4.31 Å². The highest BCUT2D eigenvalue weighted by atomic mass is 32.2. The molecule has 0 aliphatic rings. The van der Waals surface area contributed by atoms with Gasteiger partial charge >= 0.3 is 5.97 Å². The molecule has 0 amide bonds. The quantitative estimate of drug-likeness (QED) is 0.851. The van der Waals surface area contributed by atoms with Crippen LogP contribution < -0.4 is 0 Å². The number of aromatic nitrogens is 2. The Hall–Kier alpha value is -1.41. The van der Waals surface area contributed by atoms with Crippen molar-refractivity contribution >= 4 is 16.0 Å². The Morgan fingerprint density at radius 2 is 1.95 bits per heavy atom. The summed E-state index contributed by atoms with van der Waals surface area (Å²) >= 11 is 0. The second-order valence-corrected chi connectivity index (χ2v) is 8.76. The predicted molar refractivity (Wildman–Crippen MR) is 83.1 cm³/mol. The summed E-state index contributed by atoms with van der Waals surface area (Å²) in [5.74, 6) is -1.16. The molecule has 0 radical (unpaired) electrons. The van der Waals surface area contributed by atoms with Crippen molar-refractivity contribution in [3.8, 4) is 0 Å². The third-order valence-corrected chi connectivity index (χ3v) is 4.82. The molecule has 0 atom stereocenters. The van der Waals surface area contributed by atoms with Crippen molar-refractivity contribution in [3.63, 3.8) is 0 Å². The summed E-state index contributed by atoms with van der Waals surface area (Å²) in [5, 5.41) is 13.3. The van der Waals surface area contributed by atoms with E-state index in [1.54, 1.807) is 7.05 Å². The molecule has 8 heteroatoms. The number of carbonyl (C=O) groups is 1. The van der Waals surface area contributed by atoms with Crippen molar-refractivity contribution in [2.75, 3.05) is 13.1 Å². The van der Waals surface area contributed by atoms with Crippen molar-refractivity contribution in [1.29, 1.82) is 0 Å². The summed E-state index contributed by atoms with van der Waals surface area (Å²) in [7, 11) is -2.26. The van der Waals surface area contributed by atoms with Crippen LogP contribution in [0, 0.1) is 5.92 Å². The maximum Gasteiger partial charge on any atom is 0.318 e. The summed E-state index contributed by atoms with van der Waals surface area (Å²) in [4.78, 5) is 11.1. The van der Waals surface area contributed by atoms with Gasteiger partial charge in [0.15, 0.2) is 0 Å². The zero-order valence-corrected chi connectivity index (χ0v) is 14.8. The third kappa shape index (κ3) is 4.30. The number of hydrogen-bond acceptors (Lipinski definition) is 4. The van der Waals surface area contributed by atoms with Gasteiger partial charge in [0.2, 0.25) is 10.0 Å². The van der Waals surface area contributed by atoms with Gasteiger partial charge in [-0.05, 0) is 5.92 Å². The predicted octanol–water partition coefficient (Wildman–Crippen LogP) is 1.45. The molecule has 1 rings (SSSR count). The molecule has 0 aliphatic heterocycles. The van der Waals surface area contributed by atoms with E-state index in [9.17, 15) is 13.2 Å². The topological polar surface area (TPSA) is 92.5 Å². The van der Waals surface area contributed by atoms with Crippen LogP contribution in [0.1, 0.15) is 40.3 Å². The second kappa shape index (κ2) is 6.37. The monoisotopic (exact) mass is 331 g/mol. The molecular formula is C14H25N3O4S. The third-order valence-electron chi connectivity index (χ3n) is 3.00. The highest BCUT2D eigenvalue weighted by Crippen LogP contribution is 2.29. The van der Waals surface area contributed by atoms with Crippen LogP contribution in [0.5, 0.6) is 0 Å². The fourth-order valence-corrected chi connectivity index (χ4v) is 4.05. The van der Waals surface area contributed by atoms with E-state index in [2.05, 4.69) is 5.10 Å². The van der Waals surface area contributed by atoms with Gasteiger partial charge in [-0.2, -0.15) is 9.40 Å². The van der Waals surface area contributed by atoms with E-state index in [1.165, 1.54) is 10.9 Å². The number of aliphatic carboxylic acids is 1. The average Bonchev–Trinajstić information content (AvgIpc) is 2.69. The lowest BCUT2D eigenvalue weighted by Gasteiger charge is -2.24. The molecule has 0 aliphatic carbocycles. The molecule has 1 aromatic rings. The smallest absolute Gasteiger partial charge is 0.318 e. The first-order valence-electron chi connectivity index (χ1n) is 7.11. The first kappa shape index (κ1) is 18.6. The Bertz CT molecular complexity index is 642. The maximum atomic E-state index is 12.9. The summed E-state index contributed by atoms with van der Waals surface area (Å²) in [6.07, 6.45) is 1.44. The summed E-state index contributed by atoms with van der Waals surface area (Å²) < 4.78 is 28.2.